The second kappa shape index (κ2) is 4.47. The summed E-state index contributed by atoms with van der Waals surface area (Å²) in [5, 5.41) is 7.82. The van der Waals surface area contributed by atoms with Crippen molar-refractivity contribution < 1.29 is 5.73 Å². The van der Waals surface area contributed by atoms with E-state index in [2.05, 4.69) is 34.8 Å². The molecule has 0 saturated carbocycles. The number of nitrogens with zero attached hydrogens (tertiary/aromatic N) is 2. The average Bonchev–Trinajstić information content (AvgIpc) is 2.48. The fourth-order valence-corrected chi connectivity index (χ4v) is 1.34. The SMILES string of the molecule is CC(C)c1nc(SCC[NH3+])n[nH]1. The van der Waals surface area contributed by atoms with Crippen molar-refractivity contribution in [2.75, 3.05) is 12.3 Å². The van der Waals surface area contributed by atoms with Crippen LogP contribution in [0.1, 0.15) is 25.6 Å². The van der Waals surface area contributed by atoms with Gasteiger partial charge in [-0.3, -0.25) is 5.10 Å². The minimum absolute atomic E-state index is 0.423. The molecular weight excluding hydrogens is 172 g/mol. The van der Waals surface area contributed by atoms with Gasteiger partial charge >= 0.3 is 0 Å². The third kappa shape index (κ3) is 2.49. The first kappa shape index (κ1) is 9.54. The van der Waals surface area contributed by atoms with Gasteiger partial charge in [0.1, 0.15) is 5.82 Å². The molecule has 0 aliphatic heterocycles. The third-order valence-corrected chi connectivity index (χ3v) is 2.34. The molecule has 0 saturated heterocycles. The number of thioether (sulfide) groups is 1. The van der Waals surface area contributed by atoms with E-state index in [0.29, 0.717) is 5.92 Å². The summed E-state index contributed by atoms with van der Waals surface area (Å²) in [6.07, 6.45) is 0. The van der Waals surface area contributed by atoms with Gasteiger partial charge in [-0.25, -0.2) is 4.98 Å². The number of quaternary nitrogens is 1. The van der Waals surface area contributed by atoms with Crippen LogP contribution in [0.2, 0.25) is 0 Å². The highest BCUT2D eigenvalue weighted by molar-refractivity contribution is 7.99. The molecule has 0 amide bonds. The Kier molecular flexibility index (Phi) is 3.55. The van der Waals surface area contributed by atoms with E-state index < -0.39 is 0 Å². The molecule has 0 atom stereocenters. The number of rotatable bonds is 4. The van der Waals surface area contributed by atoms with E-state index in [0.717, 1.165) is 23.3 Å². The van der Waals surface area contributed by atoms with Gasteiger partial charge in [-0.15, -0.1) is 5.10 Å². The van der Waals surface area contributed by atoms with Crippen molar-refractivity contribution >= 4 is 11.8 Å². The van der Waals surface area contributed by atoms with Crippen LogP contribution >= 0.6 is 11.8 Å². The van der Waals surface area contributed by atoms with Gasteiger partial charge in [0.15, 0.2) is 0 Å². The lowest BCUT2D eigenvalue weighted by atomic mass is 10.2. The van der Waals surface area contributed by atoms with E-state index in [1.807, 2.05) is 0 Å². The van der Waals surface area contributed by atoms with Crippen molar-refractivity contribution in [3.05, 3.63) is 5.82 Å². The summed E-state index contributed by atoms with van der Waals surface area (Å²) in [7, 11) is 0. The van der Waals surface area contributed by atoms with Gasteiger partial charge in [0.25, 0.3) is 0 Å². The number of H-pyrrole nitrogens is 1. The summed E-state index contributed by atoms with van der Waals surface area (Å²) in [5.74, 6) is 2.36. The minimum Gasteiger partial charge on any atom is -0.357 e. The van der Waals surface area contributed by atoms with Crippen molar-refractivity contribution in [1.29, 1.82) is 0 Å². The van der Waals surface area contributed by atoms with Crippen molar-refractivity contribution in [2.24, 2.45) is 0 Å². The van der Waals surface area contributed by atoms with Gasteiger partial charge in [0, 0.05) is 5.92 Å². The van der Waals surface area contributed by atoms with Crippen LogP contribution in [0.3, 0.4) is 0 Å². The number of aromatic amines is 1. The lowest BCUT2D eigenvalue weighted by molar-refractivity contribution is -0.360. The summed E-state index contributed by atoms with van der Waals surface area (Å²) in [5.41, 5.74) is 3.76. The Hall–Kier alpha value is -0.550. The highest BCUT2D eigenvalue weighted by Crippen LogP contribution is 2.14. The Morgan fingerprint density at radius 3 is 2.83 bits per heavy atom. The summed E-state index contributed by atoms with van der Waals surface area (Å²) >= 11 is 1.64. The largest absolute Gasteiger partial charge is 0.357 e. The monoisotopic (exact) mass is 187 g/mol. The van der Waals surface area contributed by atoms with E-state index in [4.69, 9.17) is 0 Å². The predicted molar refractivity (Wildman–Crippen MR) is 49.0 cm³/mol. The molecule has 0 radical (unpaired) electrons. The van der Waals surface area contributed by atoms with Gasteiger partial charge in [-0.05, 0) is 0 Å². The second-order valence-corrected chi connectivity index (χ2v) is 3.92. The Labute approximate surface area is 76.3 Å². The molecule has 1 aromatic rings. The third-order valence-electron chi connectivity index (χ3n) is 1.40. The van der Waals surface area contributed by atoms with Crippen molar-refractivity contribution in [1.82, 2.24) is 15.2 Å². The highest BCUT2D eigenvalue weighted by atomic mass is 32.2. The molecule has 0 aromatic carbocycles. The molecule has 0 bridgehead atoms. The molecule has 5 heteroatoms. The molecule has 1 aromatic heterocycles. The lowest BCUT2D eigenvalue weighted by Gasteiger charge is -1.94. The molecule has 4 nitrogen and oxygen atoms in total. The van der Waals surface area contributed by atoms with Crippen LogP contribution in [0, 0.1) is 0 Å². The van der Waals surface area contributed by atoms with Gasteiger partial charge in [-0.1, -0.05) is 25.6 Å². The lowest BCUT2D eigenvalue weighted by Crippen LogP contribution is -2.51. The summed E-state index contributed by atoms with van der Waals surface area (Å²) in [4.78, 5) is 4.32. The summed E-state index contributed by atoms with van der Waals surface area (Å²) in [6, 6.07) is 0. The molecule has 0 unspecified atom stereocenters. The first-order valence-corrected chi connectivity index (χ1v) is 5.07. The second-order valence-electron chi connectivity index (χ2n) is 2.86. The van der Waals surface area contributed by atoms with Crippen LogP contribution in [0.4, 0.5) is 0 Å². The maximum absolute atomic E-state index is 4.32. The zero-order valence-corrected chi connectivity index (χ0v) is 8.32. The Morgan fingerprint density at radius 2 is 2.33 bits per heavy atom. The van der Waals surface area contributed by atoms with E-state index >= 15 is 0 Å². The smallest absolute Gasteiger partial charge is 0.208 e. The fraction of sp³-hybridized carbons (Fsp3) is 0.714. The number of hydrogen-bond acceptors (Lipinski definition) is 3. The highest BCUT2D eigenvalue weighted by Gasteiger charge is 2.06. The van der Waals surface area contributed by atoms with Crippen molar-refractivity contribution in [3.8, 4) is 0 Å². The Morgan fingerprint density at radius 1 is 1.58 bits per heavy atom. The molecular formula is C7H15N4S+. The number of aromatic nitrogens is 3. The van der Waals surface area contributed by atoms with Crippen molar-refractivity contribution in [3.63, 3.8) is 0 Å². The Bertz CT molecular complexity index is 233. The average molecular weight is 187 g/mol. The number of nitrogens with one attached hydrogen (secondary N) is 1. The van der Waals surface area contributed by atoms with Gasteiger partial charge < -0.3 is 5.73 Å². The van der Waals surface area contributed by atoms with Crippen LogP contribution in [-0.2, 0) is 0 Å². The molecule has 4 N–H and O–H groups in total. The molecule has 0 aliphatic carbocycles. The van der Waals surface area contributed by atoms with Gasteiger partial charge in [0.2, 0.25) is 5.16 Å². The normalized spacial score (nSPS) is 11.0. The minimum atomic E-state index is 0.423. The van der Waals surface area contributed by atoms with E-state index in [1.165, 1.54) is 0 Å². The zero-order valence-electron chi connectivity index (χ0n) is 7.50. The maximum Gasteiger partial charge on any atom is 0.208 e. The molecule has 0 spiro atoms. The quantitative estimate of drug-likeness (QED) is 0.664. The first-order valence-electron chi connectivity index (χ1n) is 4.08. The van der Waals surface area contributed by atoms with E-state index in [-0.39, 0.29) is 0 Å². The topological polar surface area (TPSA) is 69.2 Å². The van der Waals surface area contributed by atoms with Crippen molar-refractivity contribution in [2.45, 2.75) is 24.9 Å². The maximum atomic E-state index is 4.32. The van der Waals surface area contributed by atoms with E-state index in [9.17, 15) is 0 Å². The first-order chi connectivity index (χ1) is 5.74. The standard InChI is InChI=1S/C7H14N4S/c1-5(2)6-9-7(11-10-6)12-4-3-8/h5H,3-4,8H2,1-2H3,(H,9,10,11)/p+1. The molecule has 1 heterocycles. The van der Waals surface area contributed by atoms with E-state index in [1.54, 1.807) is 11.8 Å². The Balaban J connectivity index is 2.52. The summed E-state index contributed by atoms with van der Waals surface area (Å²) < 4.78 is 0. The molecule has 1 rings (SSSR count). The number of hydrogen-bond donors (Lipinski definition) is 2. The van der Waals surface area contributed by atoms with Crippen LogP contribution in [-0.4, -0.2) is 27.5 Å². The van der Waals surface area contributed by atoms with Crippen LogP contribution in [0.25, 0.3) is 0 Å². The summed E-state index contributed by atoms with van der Waals surface area (Å²) in [6.45, 7) is 5.10. The zero-order chi connectivity index (χ0) is 8.97. The predicted octanol–water partition coefficient (Wildman–Crippen LogP) is 0.262. The molecule has 0 fully saturated rings. The van der Waals surface area contributed by atoms with Gasteiger partial charge in [0.05, 0.1) is 12.3 Å². The van der Waals surface area contributed by atoms with Crippen LogP contribution in [0.15, 0.2) is 5.16 Å². The van der Waals surface area contributed by atoms with Crippen LogP contribution < -0.4 is 5.73 Å². The molecule has 68 valence electrons. The molecule has 12 heavy (non-hydrogen) atoms. The molecule has 0 aliphatic rings. The van der Waals surface area contributed by atoms with Crippen LogP contribution in [0.5, 0.6) is 0 Å². The fourth-order valence-electron chi connectivity index (χ4n) is 0.744. The van der Waals surface area contributed by atoms with Gasteiger partial charge in [-0.2, -0.15) is 0 Å².